The van der Waals surface area contributed by atoms with Gasteiger partial charge in [-0.15, -0.1) is 0 Å². The summed E-state index contributed by atoms with van der Waals surface area (Å²) in [5.41, 5.74) is 0.596. The van der Waals surface area contributed by atoms with Crippen molar-refractivity contribution in [2.24, 2.45) is 5.92 Å². The molecule has 1 aromatic rings. The lowest BCUT2D eigenvalue weighted by Crippen LogP contribution is -2.41. The molecular weight excluding hydrogens is 332 g/mol. The van der Waals surface area contributed by atoms with Gasteiger partial charge in [0.15, 0.2) is 11.5 Å². The molecule has 1 aliphatic heterocycles. The van der Waals surface area contributed by atoms with Crippen LogP contribution in [-0.4, -0.2) is 50.6 Å². The van der Waals surface area contributed by atoms with E-state index in [2.05, 4.69) is 5.32 Å². The SMILES string of the molecule is CC/C=C/C(=O)NCC1CCN(C(=O)c2ccc(OC)c(OC)c2)CC1. The first kappa shape index (κ1) is 19.8. The van der Waals surface area contributed by atoms with Crippen LogP contribution >= 0.6 is 0 Å². The van der Waals surface area contributed by atoms with E-state index in [1.54, 1.807) is 38.5 Å². The number of hydrogen-bond donors (Lipinski definition) is 1. The van der Waals surface area contributed by atoms with Crippen molar-refractivity contribution in [2.45, 2.75) is 26.2 Å². The second-order valence-corrected chi connectivity index (χ2v) is 6.36. The summed E-state index contributed by atoms with van der Waals surface area (Å²) in [5.74, 6) is 1.52. The van der Waals surface area contributed by atoms with Crippen LogP contribution in [0.4, 0.5) is 0 Å². The number of benzene rings is 1. The summed E-state index contributed by atoms with van der Waals surface area (Å²) in [5, 5.41) is 2.93. The minimum absolute atomic E-state index is 0.000632. The summed E-state index contributed by atoms with van der Waals surface area (Å²) in [6.45, 7) is 4.04. The average molecular weight is 360 g/mol. The number of nitrogens with one attached hydrogen (secondary N) is 1. The molecule has 1 aliphatic rings. The quantitative estimate of drug-likeness (QED) is 0.759. The van der Waals surface area contributed by atoms with Crippen LogP contribution in [0.15, 0.2) is 30.4 Å². The van der Waals surface area contributed by atoms with E-state index in [1.807, 2.05) is 17.9 Å². The molecule has 1 N–H and O–H groups in total. The third-order valence-corrected chi connectivity index (χ3v) is 4.60. The number of allylic oxidation sites excluding steroid dienone is 1. The fraction of sp³-hybridized carbons (Fsp3) is 0.500. The predicted octanol–water partition coefficient (Wildman–Crippen LogP) is 2.64. The van der Waals surface area contributed by atoms with E-state index in [-0.39, 0.29) is 11.8 Å². The molecule has 0 unspecified atom stereocenters. The van der Waals surface area contributed by atoms with Crippen molar-refractivity contribution in [3.05, 3.63) is 35.9 Å². The van der Waals surface area contributed by atoms with Gasteiger partial charge in [0.25, 0.3) is 5.91 Å². The molecule has 0 bridgehead atoms. The number of methoxy groups -OCH3 is 2. The van der Waals surface area contributed by atoms with E-state index in [1.165, 1.54) is 0 Å². The topological polar surface area (TPSA) is 67.9 Å². The molecule has 6 nitrogen and oxygen atoms in total. The van der Waals surface area contributed by atoms with E-state index < -0.39 is 0 Å². The smallest absolute Gasteiger partial charge is 0.253 e. The number of carbonyl (C=O) groups is 2. The Hall–Kier alpha value is -2.50. The fourth-order valence-corrected chi connectivity index (χ4v) is 3.02. The lowest BCUT2D eigenvalue weighted by Gasteiger charge is -2.32. The van der Waals surface area contributed by atoms with Gasteiger partial charge in [-0.25, -0.2) is 0 Å². The number of likely N-dealkylation sites (tertiary alicyclic amines) is 1. The summed E-state index contributed by atoms with van der Waals surface area (Å²) >= 11 is 0. The van der Waals surface area contributed by atoms with Crippen molar-refractivity contribution in [3.8, 4) is 11.5 Å². The van der Waals surface area contributed by atoms with Gasteiger partial charge in [0, 0.05) is 25.2 Å². The Balaban J connectivity index is 1.86. The Morgan fingerprint density at radius 2 is 1.88 bits per heavy atom. The first-order valence-electron chi connectivity index (χ1n) is 9.04. The van der Waals surface area contributed by atoms with Crippen LogP contribution in [0.2, 0.25) is 0 Å². The average Bonchev–Trinajstić information content (AvgIpc) is 2.69. The van der Waals surface area contributed by atoms with Crippen LogP contribution in [0.1, 0.15) is 36.5 Å². The van der Waals surface area contributed by atoms with Gasteiger partial charge in [0.2, 0.25) is 5.91 Å². The molecule has 2 amide bonds. The number of nitrogens with zero attached hydrogens (tertiary/aromatic N) is 1. The van der Waals surface area contributed by atoms with Crippen molar-refractivity contribution < 1.29 is 19.1 Å². The summed E-state index contributed by atoms with van der Waals surface area (Å²) in [4.78, 5) is 26.2. The van der Waals surface area contributed by atoms with Crippen LogP contribution in [0, 0.1) is 5.92 Å². The Labute approximate surface area is 155 Å². The standard InChI is InChI=1S/C20H28N2O4/c1-4-5-6-19(23)21-14-15-9-11-22(12-10-15)20(24)16-7-8-17(25-2)18(13-16)26-3/h5-8,13,15H,4,9-12,14H2,1-3H3,(H,21,23)/b6-5+. The van der Waals surface area contributed by atoms with Crippen molar-refractivity contribution in [1.29, 1.82) is 0 Å². The molecule has 26 heavy (non-hydrogen) atoms. The highest BCUT2D eigenvalue weighted by Crippen LogP contribution is 2.28. The first-order chi connectivity index (χ1) is 12.6. The molecular formula is C20H28N2O4. The van der Waals surface area contributed by atoms with Gasteiger partial charge < -0.3 is 19.7 Å². The lowest BCUT2D eigenvalue weighted by atomic mass is 9.96. The zero-order valence-corrected chi connectivity index (χ0v) is 15.8. The Kier molecular flexibility index (Phi) is 7.51. The van der Waals surface area contributed by atoms with Crippen molar-refractivity contribution in [3.63, 3.8) is 0 Å². The Morgan fingerprint density at radius 3 is 2.50 bits per heavy atom. The molecule has 2 rings (SSSR count). The monoisotopic (exact) mass is 360 g/mol. The molecule has 1 aromatic carbocycles. The molecule has 0 aliphatic carbocycles. The number of carbonyl (C=O) groups excluding carboxylic acids is 2. The molecule has 0 saturated carbocycles. The van der Waals surface area contributed by atoms with E-state index in [9.17, 15) is 9.59 Å². The minimum Gasteiger partial charge on any atom is -0.493 e. The summed E-state index contributed by atoms with van der Waals surface area (Å²) in [6.07, 6.45) is 6.05. The highest BCUT2D eigenvalue weighted by Gasteiger charge is 2.24. The zero-order chi connectivity index (χ0) is 18.9. The van der Waals surface area contributed by atoms with Gasteiger partial charge in [-0.05, 0) is 49.5 Å². The van der Waals surface area contributed by atoms with Crippen LogP contribution in [0.25, 0.3) is 0 Å². The molecule has 1 saturated heterocycles. The van der Waals surface area contributed by atoms with E-state index in [4.69, 9.17) is 9.47 Å². The Morgan fingerprint density at radius 1 is 1.19 bits per heavy atom. The minimum atomic E-state index is -0.0457. The first-order valence-corrected chi connectivity index (χ1v) is 9.04. The molecule has 1 fully saturated rings. The highest BCUT2D eigenvalue weighted by atomic mass is 16.5. The molecule has 1 heterocycles. The van der Waals surface area contributed by atoms with Crippen molar-refractivity contribution in [1.82, 2.24) is 10.2 Å². The maximum Gasteiger partial charge on any atom is 0.253 e. The van der Waals surface area contributed by atoms with Crippen molar-refractivity contribution >= 4 is 11.8 Å². The fourth-order valence-electron chi connectivity index (χ4n) is 3.02. The summed E-state index contributed by atoms with van der Waals surface area (Å²) in [7, 11) is 3.13. The van der Waals surface area contributed by atoms with E-state index in [0.29, 0.717) is 42.6 Å². The van der Waals surface area contributed by atoms with Gasteiger partial charge >= 0.3 is 0 Å². The molecule has 0 spiro atoms. The van der Waals surface area contributed by atoms with Crippen LogP contribution < -0.4 is 14.8 Å². The lowest BCUT2D eigenvalue weighted by molar-refractivity contribution is -0.116. The number of rotatable bonds is 7. The van der Waals surface area contributed by atoms with Crippen LogP contribution in [0.3, 0.4) is 0 Å². The van der Waals surface area contributed by atoms with Gasteiger partial charge in [-0.1, -0.05) is 13.0 Å². The molecule has 6 heteroatoms. The maximum atomic E-state index is 12.7. The number of hydrogen-bond acceptors (Lipinski definition) is 4. The number of ether oxygens (including phenoxy) is 2. The number of piperidine rings is 1. The van der Waals surface area contributed by atoms with Gasteiger partial charge in [-0.3, -0.25) is 9.59 Å². The molecule has 0 radical (unpaired) electrons. The van der Waals surface area contributed by atoms with E-state index >= 15 is 0 Å². The highest BCUT2D eigenvalue weighted by molar-refractivity contribution is 5.95. The maximum absolute atomic E-state index is 12.7. The van der Waals surface area contributed by atoms with Gasteiger partial charge in [0.1, 0.15) is 0 Å². The van der Waals surface area contributed by atoms with Crippen LogP contribution in [0.5, 0.6) is 11.5 Å². The van der Waals surface area contributed by atoms with Gasteiger partial charge in [-0.2, -0.15) is 0 Å². The number of amides is 2. The van der Waals surface area contributed by atoms with Gasteiger partial charge in [0.05, 0.1) is 14.2 Å². The normalized spacial score (nSPS) is 15.1. The third-order valence-electron chi connectivity index (χ3n) is 4.60. The third kappa shape index (κ3) is 5.25. The second-order valence-electron chi connectivity index (χ2n) is 6.36. The molecule has 0 atom stereocenters. The zero-order valence-electron chi connectivity index (χ0n) is 15.8. The van der Waals surface area contributed by atoms with Crippen LogP contribution in [-0.2, 0) is 4.79 Å². The molecule has 142 valence electrons. The van der Waals surface area contributed by atoms with E-state index in [0.717, 1.165) is 19.3 Å². The Bertz CT molecular complexity index is 649. The predicted molar refractivity (Wildman–Crippen MR) is 101 cm³/mol. The summed E-state index contributed by atoms with van der Waals surface area (Å²) in [6, 6.07) is 5.22. The van der Waals surface area contributed by atoms with Crippen molar-refractivity contribution in [2.75, 3.05) is 33.9 Å². The second kappa shape index (κ2) is 9.85. The molecule has 0 aromatic heterocycles. The summed E-state index contributed by atoms with van der Waals surface area (Å²) < 4.78 is 10.5. The largest absolute Gasteiger partial charge is 0.493 e.